The molecule has 3 rings (SSSR count). The number of rotatable bonds is 5. The summed E-state index contributed by atoms with van der Waals surface area (Å²) in [5.74, 6) is -0.823. The molecule has 0 amide bonds. The minimum absolute atomic E-state index is 0.110. The lowest BCUT2D eigenvalue weighted by Gasteiger charge is -2.14. The summed E-state index contributed by atoms with van der Waals surface area (Å²) in [6.45, 7) is 1.95. The first-order valence-corrected chi connectivity index (χ1v) is 10.1. The van der Waals surface area contributed by atoms with Crippen molar-refractivity contribution >= 4 is 29.3 Å². The van der Waals surface area contributed by atoms with E-state index >= 15 is 0 Å². The number of hydrogen-bond acceptors (Lipinski definition) is 4. The first kappa shape index (κ1) is 19.3. The highest BCUT2D eigenvalue weighted by molar-refractivity contribution is 7.98. The highest BCUT2D eigenvalue weighted by Gasteiger charge is 2.23. The summed E-state index contributed by atoms with van der Waals surface area (Å²) in [7, 11) is 0. The van der Waals surface area contributed by atoms with Crippen LogP contribution in [0.4, 0.5) is 0 Å². The Kier molecular flexibility index (Phi) is 6.09. The van der Waals surface area contributed by atoms with Gasteiger partial charge in [0.1, 0.15) is 11.3 Å². The van der Waals surface area contributed by atoms with Crippen molar-refractivity contribution in [2.45, 2.75) is 11.8 Å². The molecule has 0 aromatic heterocycles. The second-order valence-corrected chi connectivity index (χ2v) is 7.05. The molecule has 0 saturated carbocycles. The van der Waals surface area contributed by atoms with Crippen molar-refractivity contribution in [3.63, 3.8) is 0 Å². The fourth-order valence-electron chi connectivity index (χ4n) is 2.87. The molecule has 27 heavy (non-hydrogen) atoms. The molecular weight excluding hydrogens is 380 g/mol. The Morgan fingerprint density at radius 2 is 1.63 bits per heavy atom. The SMILES string of the molecule is CCOC(=O)c1c(SC)cc(-c2ccc(-c3ccccc3)cc2)c(Cl)c1O. The Morgan fingerprint density at radius 1 is 1.04 bits per heavy atom. The molecule has 0 aliphatic heterocycles. The maximum Gasteiger partial charge on any atom is 0.343 e. The van der Waals surface area contributed by atoms with Crippen LogP contribution in [-0.4, -0.2) is 23.9 Å². The summed E-state index contributed by atoms with van der Waals surface area (Å²) in [4.78, 5) is 12.8. The molecule has 1 N–H and O–H groups in total. The van der Waals surface area contributed by atoms with Crippen LogP contribution in [0.2, 0.25) is 5.02 Å². The maximum atomic E-state index is 12.2. The Balaban J connectivity index is 2.04. The molecule has 0 saturated heterocycles. The third-order valence-electron chi connectivity index (χ3n) is 4.21. The van der Waals surface area contributed by atoms with Crippen LogP contribution in [-0.2, 0) is 4.74 Å². The van der Waals surface area contributed by atoms with Crippen LogP contribution in [0.3, 0.4) is 0 Å². The minimum atomic E-state index is -0.577. The molecule has 0 spiro atoms. The van der Waals surface area contributed by atoms with Gasteiger partial charge in [-0.2, -0.15) is 0 Å². The molecular formula is C22H19ClO3S. The van der Waals surface area contributed by atoms with Crippen molar-refractivity contribution in [1.29, 1.82) is 0 Å². The van der Waals surface area contributed by atoms with Crippen molar-refractivity contribution < 1.29 is 14.6 Å². The van der Waals surface area contributed by atoms with Gasteiger partial charge in [0.15, 0.2) is 0 Å². The maximum absolute atomic E-state index is 12.2. The Labute approximate surface area is 168 Å². The van der Waals surface area contributed by atoms with E-state index in [1.54, 1.807) is 6.92 Å². The van der Waals surface area contributed by atoms with Gasteiger partial charge in [0.2, 0.25) is 0 Å². The number of phenolic OH excluding ortho intramolecular Hbond substituents is 1. The van der Waals surface area contributed by atoms with Gasteiger partial charge >= 0.3 is 5.97 Å². The van der Waals surface area contributed by atoms with Gasteiger partial charge in [0.05, 0.1) is 11.6 Å². The van der Waals surface area contributed by atoms with E-state index in [0.29, 0.717) is 10.5 Å². The predicted molar refractivity (Wildman–Crippen MR) is 112 cm³/mol. The quantitative estimate of drug-likeness (QED) is 0.406. The second-order valence-electron chi connectivity index (χ2n) is 5.83. The van der Waals surface area contributed by atoms with Crippen LogP contribution in [0.5, 0.6) is 5.75 Å². The van der Waals surface area contributed by atoms with Gasteiger partial charge < -0.3 is 9.84 Å². The molecule has 138 valence electrons. The van der Waals surface area contributed by atoms with E-state index in [0.717, 1.165) is 16.7 Å². The number of esters is 1. The highest BCUT2D eigenvalue weighted by Crippen LogP contribution is 2.42. The lowest BCUT2D eigenvalue weighted by atomic mass is 9.99. The van der Waals surface area contributed by atoms with Gasteiger partial charge in [-0.05, 0) is 35.9 Å². The van der Waals surface area contributed by atoms with E-state index in [1.165, 1.54) is 11.8 Å². The van der Waals surface area contributed by atoms with E-state index in [9.17, 15) is 9.90 Å². The van der Waals surface area contributed by atoms with Crippen LogP contribution in [0.15, 0.2) is 65.6 Å². The topological polar surface area (TPSA) is 46.5 Å². The number of ether oxygens (including phenoxy) is 1. The van der Waals surface area contributed by atoms with Gasteiger partial charge in [0.25, 0.3) is 0 Å². The third-order valence-corrected chi connectivity index (χ3v) is 5.35. The monoisotopic (exact) mass is 398 g/mol. The minimum Gasteiger partial charge on any atom is -0.505 e. The molecule has 3 nitrogen and oxygen atoms in total. The number of hydrogen-bond donors (Lipinski definition) is 1. The Morgan fingerprint density at radius 3 is 2.22 bits per heavy atom. The molecule has 3 aromatic rings. The van der Waals surface area contributed by atoms with E-state index in [1.807, 2.05) is 66.9 Å². The van der Waals surface area contributed by atoms with Crippen molar-refractivity contribution in [2.24, 2.45) is 0 Å². The molecule has 0 atom stereocenters. The van der Waals surface area contributed by atoms with E-state index in [2.05, 4.69) is 0 Å². The van der Waals surface area contributed by atoms with Crippen molar-refractivity contribution in [3.8, 4) is 28.0 Å². The summed E-state index contributed by atoms with van der Waals surface area (Å²) < 4.78 is 5.05. The van der Waals surface area contributed by atoms with Gasteiger partial charge in [-0.1, -0.05) is 66.2 Å². The third kappa shape index (κ3) is 3.97. The van der Waals surface area contributed by atoms with Gasteiger partial charge in [-0.3, -0.25) is 0 Å². The zero-order chi connectivity index (χ0) is 19.4. The van der Waals surface area contributed by atoms with Crippen LogP contribution in [0.25, 0.3) is 22.3 Å². The summed E-state index contributed by atoms with van der Waals surface area (Å²) in [6, 6.07) is 19.8. The summed E-state index contributed by atoms with van der Waals surface area (Å²) >= 11 is 7.76. The highest BCUT2D eigenvalue weighted by atomic mass is 35.5. The van der Waals surface area contributed by atoms with Crippen molar-refractivity contribution in [2.75, 3.05) is 12.9 Å². The van der Waals surface area contributed by atoms with Crippen LogP contribution >= 0.6 is 23.4 Å². The Hall–Kier alpha value is -2.43. The number of carbonyl (C=O) groups is 1. The van der Waals surface area contributed by atoms with E-state index in [-0.39, 0.29) is 22.9 Å². The largest absolute Gasteiger partial charge is 0.505 e. The zero-order valence-corrected chi connectivity index (χ0v) is 16.6. The molecule has 5 heteroatoms. The van der Waals surface area contributed by atoms with E-state index in [4.69, 9.17) is 16.3 Å². The van der Waals surface area contributed by atoms with Crippen molar-refractivity contribution in [1.82, 2.24) is 0 Å². The smallest absolute Gasteiger partial charge is 0.343 e. The average molecular weight is 399 g/mol. The fraction of sp³-hybridized carbons (Fsp3) is 0.136. The molecule has 0 fully saturated rings. The van der Waals surface area contributed by atoms with Crippen LogP contribution < -0.4 is 0 Å². The second kappa shape index (κ2) is 8.51. The zero-order valence-electron chi connectivity index (χ0n) is 15.0. The molecule has 3 aromatic carbocycles. The summed E-state index contributed by atoms with van der Waals surface area (Å²) in [5, 5.41) is 10.7. The lowest BCUT2D eigenvalue weighted by molar-refractivity contribution is 0.0519. The first-order chi connectivity index (χ1) is 13.1. The molecule has 0 aliphatic carbocycles. The standard InChI is InChI=1S/C22H19ClO3S/c1-3-26-22(25)19-18(27-2)13-17(20(23)21(19)24)16-11-9-15(10-12-16)14-7-5-4-6-8-14/h4-13,24H,3H2,1-2H3. The summed E-state index contributed by atoms with van der Waals surface area (Å²) in [6.07, 6.45) is 1.84. The van der Waals surface area contributed by atoms with Gasteiger partial charge in [-0.15, -0.1) is 11.8 Å². The van der Waals surface area contributed by atoms with Gasteiger partial charge in [-0.25, -0.2) is 4.79 Å². The van der Waals surface area contributed by atoms with Gasteiger partial charge in [0, 0.05) is 10.5 Å². The fourth-order valence-corrected chi connectivity index (χ4v) is 3.74. The van der Waals surface area contributed by atoms with E-state index < -0.39 is 5.97 Å². The number of halogens is 1. The molecule has 0 heterocycles. The Bertz CT molecular complexity index is 954. The number of phenols is 1. The molecule has 0 aliphatic rings. The number of aromatic hydroxyl groups is 1. The molecule has 0 radical (unpaired) electrons. The van der Waals surface area contributed by atoms with Crippen LogP contribution in [0.1, 0.15) is 17.3 Å². The van der Waals surface area contributed by atoms with Crippen molar-refractivity contribution in [3.05, 3.63) is 71.2 Å². The average Bonchev–Trinajstić information content (AvgIpc) is 2.70. The lowest BCUT2D eigenvalue weighted by Crippen LogP contribution is -2.07. The predicted octanol–water partition coefficient (Wildman–Crippen LogP) is 6.28. The first-order valence-electron chi connectivity index (χ1n) is 8.49. The molecule has 0 unspecified atom stereocenters. The number of benzene rings is 3. The summed E-state index contributed by atoms with van der Waals surface area (Å²) in [5.41, 5.74) is 3.86. The number of carbonyl (C=O) groups excluding carboxylic acids is 1. The molecule has 0 bridgehead atoms. The van der Waals surface area contributed by atoms with Crippen LogP contribution in [0, 0.1) is 0 Å². The number of thioether (sulfide) groups is 1. The normalized spacial score (nSPS) is 10.6.